The molecule has 4 nitrogen and oxygen atoms in total. The van der Waals surface area contributed by atoms with Gasteiger partial charge in [-0.05, 0) is 18.3 Å². The maximum atomic E-state index is 12.0. The van der Waals surface area contributed by atoms with Crippen LogP contribution in [0, 0.1) is 23.7 Å². The van der Waals surface area contributed by atoms with E-state index in [4.69, 9.17) is 4.74 Å². The molecular weight excluding hydrogens is 206 g/mol. The third kappa shape index (κ3) is 0.739. The van der Waals surface area contributed by atoms with Crippen LogP contribution < -0.4 is 5.32 Å². The molecule has 2 N–H and O–H groups in total. The molecule has 2 heterocycles. The van der Waals surface area contributed by atoms with E-state index >= 15 is 0 Å². The van der Waals surface area contributed by atoms with Gasteiger partial charge in [-0.3, -0.25) is 4.79 Å². The molecule has 0 spiro atoms. The van der Waals surface area contributed by atoms with Gasteiger partial charge in [-0.2, -0.15) is 0 Å². The summed E-state index contributed by atoms with van der Waals surface area (Å²) in [5.41, 5.74) is -0.551. The number of rotatable bonds is 2. The van der Waals surface area contributed by atoms with Crippen molar-refractivity contribution in [1.29, 1.82) is 0 Å². The summed E-state index contributed by atoms with van der Waals surface area (Å²) in [6.45, 7) is 3.74. The van der Waals surface area contributed by atoms with Gasteiger partial charge in [0, 0.05) is 12.3 Å². The molecular formula is C12H15NO3. The Kier molecular flexibility index (Phi) is 1.44. The summed E-state index contributed by atoms with van der Waals surface area (Å²) in [6.07, 6.45) is 2.89. The van der Waals surface area contributed by atoms with Crippen LogP contribution in [-0.4, -0.2) is 28.9 Å². The van der Waals surface area contributed by atoms with Gasteiger partial charge >= 0.3 is 0 Å². The predicted molar refractivity (Wildman–Crippen MR) is 55.1 cm³/mol. The van der Waals surface area contributed by atoms with Crippen LogP contribution in [0.2, 0.25) is 0 Å². The highest BCUT2D eigenvalue weighted by molar-refractivity contribution is 5.84. The van der Waals surface area contributed by atoms with Crippen molar-refractivity contribution >= 4 is 5.91 Å². The van der Waals surface area contributed by atoms with Crippen LogP contribution in [0.5, 0.6) is 0 Å². The molecule has 4 aliphatic rings. The zero-order valence-electron chi connectivity index (χ0n) is 8.93. The fraction of sp³-hybridized carbons (Fsp3) is 0.750. The van der Waals surface area contributed by atoms with Crippen LogP contribution in [0.1, 0.15) is 12.8 Å². The lowest BCUT2D eigenvalue weighted by Gasteiger charge is -2.28. The Balaban J connectivity index is 1.84. The first-order chi connectivity index (χ1) is 7.68. The standard InChI is InChI=1S/C12H15NO3/c1-2-3-12-8-6-4-5(7(8)11(15)13-12)9(14)10(6)16-12/h2,5-10,14H,1,3-4H2,(H,13,15). The Morgan fingerprint density at radius 1 is 1.62 bits per heavy atom. The van der Waals surface area contributed by atoms with Gasteiger partial charge < -0.3 is 15.2 Å². The average molecular weight is 221 g/mol. The number of hydrogen-bond acceptors (Lipinski definition) is 3. The molecule has 1 amide bonds. The molecule has 2 aliphatic carbocycles. The van der Waals surface area contributed by atoms with Gasteiger partial charge in [-0.25, -0.2) is 0 Å². The maximum absolute atomic E-state index is 12.0. The van der Waals surface area contributed by atoms with E-state index in [1.807, 2.05) is 0 Å². The van der Waals surface area contributed by atoms with Gasteiger partial charge in [0.05, 0.1) is 18.1 Å². The molecule has 2 bridgehead atoms. The lowest BCUT2D eigenvalue weighted by molar-refractivity contribution is -0.139. The number of ether oxygens (including phenoxy) is 1. The molecule has 0 aromatic rings. The zero-order valence-corrected chi connectivity index (χ0v) is 8.93. The van der Waals surface area contributed by atoms with Crippen LogP contribution in [0.25, 0.3) is 0 Å². The smallest absolute Gasteiger partial charge is 0.226 e. The first kappa shape index (κ1) is 9.19. The minimum Gasteiger partial charge on any atom is -0.390 e. The summed E-state index contributed by atoms with van der Waals surface area (Å²) < 4.78 is 5.99. The molecule has 0 radical (unpaired) electrons. The van der Waals surface area contributed by atoms with Gasteiger partial charge in [0.25, 0.3) is 0 Å². The number of carbonyl (C=O) groups is 1. The predicted octanol–water partition coefficient (Wildman–Crippen LogP) is 0.0304. The molecule has 2 saturated heterocycles. The monoisotopic (exact) mass is 221 g/mol. The van der Waals surface area contributed by atoms with Gasteiger partial charge in [0.2, 0.25) is 5.91 Å². The van der Waals surface area contributed by atoms with Crippen LogP contribution in [0.3, 0.4) is 0 Å². The van der Waals surface area contributed by atoms with Gasteiger partial charge in [0.1, 0.15) is 5.72 Å². The fourth-order valence-electron chi connectivity index (χ4n) is 4.65. The minimum absolute atomic E-state index is 0.0290. The lowest BCUT2D eigenvalue weighted by Crippen LogP contribution is -2.47. The molecule has 0 aromatic carbocycles. The average Bonchev–Trinajstić information content (AvgIpc) is 2.86. The van der Waals surface area contributed by atoms with Crippen molar-refractivity contribution in [2.75, 3.05) is 0 Å². The van der Waals surface area contributed by atoms with E-state index in [1.165, 1.54) is 0 Å². The maximum Gasteiger partial charge on any atom is 0.226 e. The SMILES string of the molecule is C=CCC12NC(=O)C3C4CC(C(O1)C4O)C32. The Bertz CT molecular complexity index is 396. The molecule has 4 heteroatoms. The topological polar surface area (TPSA) is 58.6 Å². The highest BCUT2D eigenvalue weighted by Gasteiger charge is 2.75. The summed E-state index contributed by atoms with van der Waals surface area (Å²) in [6, 6.07) is 0. The molecule has 16 heavy (non-hydrogen) atoms. The Hall–Kier alpha value is -0.870. The highest BCUT2D eigenvalue weighted by atomic mass is 16.5. The number of fused-ring (bicyclic) bond motifs is 2. The fourth-order valence-corrected chi connectivity index (χ4v) is 4.65. The molecule has 7 unspecified atom stereocenters. The van der Waals surface area contributed by atoms with Crippen molar-refractivity contribution in [3.8, 4) is 0 Å². The second-order valence-corrected chi connectivity index (χ2v) is 5.56. The zero-order chi connectivity index (χ0) is 11.1. The second kappa shape index (κ2) is 2.51. The van der Waals surface area contributed by atoms with Crippen LogP contribution >= 0.6 is 0 Å². The Labute approximate surface area is 93.7 Å². The number of hydrogen-bond donors (Lipinski definition) is 2. The molecule has 86 valence electrons. The van der Waals surface area contributed by atoms with E-state index < -0.39 is 11.8 Å². The van der Waals surface area contributed by atoms with Crippen LogP contribution in [0.4, 0.5) is 0 Å². The number of carbonyl (C=O) groups excluding carboxylic acids is 1. The number of aliphatic hydroxyl groups excluding tert-OH is 1. The van der Waals surface area contributed by atoms with Crippen molar-refractivity contribution in [2.24, 2.45) is 23.7 Å². The summed E-state index contributed by atoms with van der Waals surface area (Å²) in [5, 5.41) is 13.1. The molecule has 4 fully saturated rings. The molecule has 2 aliphatic heterocycles. The number of amides is 1. The largest absolute Gasteiger partial charge is 0.390 e. The molecule has 4 rings (SSSR count). The first-order valence-corrected chi connectivity index (χ1v) is 5.97. The van der Waals surface area contributed by atoms with Crippen molar-refractivity contribution in [1.82, 2.24) is 5.32 Å². The van der Waals surface area contributed by atoms with Crippen molar-refractivity contribution < 1.29 is 14.6 Å². The lowest BCUT2D eigenvalue weighted by atomic mass is 9.76. The molecule has 2 saturated carbocycles. The van der Waals surface area contributed by atoms with Crippen LogP contribution in [0.15, 0.2) is 12.7 Å². The highest BCUT2D eigenvalue weighted by Crippen LogP contribution is 2.65. The van der Waals surface area contributed by atoms with E-state index in [9.17, 15) is 9.90 Å². The third-order valence-electron chi connectivity index (χ3n) is 5.02. The number of nitrogens with one attached hydrogen (secondary N) is 1. The van der Waals surface area contributed by atoms with Crippen molar-refractivity contribution in [3.05, 3.63) is 12.7 Å². The molecule has 7 atom stereocenters. The first-order valence-electron chi connectivity index (χ1n) is 5.97. The second-order valence-electron chi connectivity index (χ2n) is 5.56. The van der Waals surface area contributed by atoms with Gasteiger partial charge in [-0.1, -0.05) is 6.08 Å². The molecule has 0 aromatic heterocycles. The van der Waals surface area contributed by atoms with Crippen molar-refractivity contribution in [3.63, 3.8) is 0 Å². The normalized spacial score (nSPS) is 60.4. The Morgan fingerprint density at radius 2 is 2.44 bits per heavy atom. The van der Waals surface area contributed by atoms with E-state index in [1.54, 1.807) is 6.08 Å². The van der Waals surface area contributed by atoms with E-state index in [2.05, 4.69) is 11.9 Å². The minimum atomic E-state index is -0.551. The van der Waals surface area contributed by atoms with E-state index in [-0.39, 0.29) is 29.8 Å². The van der Waals surface area contributed by atoms with E-state index in [0.29, 0.717) is 12.3 Å². The summed E-state index contributed by atoms with van der Waals surface area (Å²) in [5.74, 6) is 0.782. The third-order valence-corrected chi connectivity index (χ3v) is 5.02. The number of aliphatic hydroxyl groups is 1. The van der Waals surface area contributed by atoms with Gasteiger partial charge in [-0.15, -0.1) is 6.58 Å². The van der Waals surface area contributed by atoms with E-state index in [0.717, 1.165) is 6.42 Å². The Morgan fingerprint density at radius 3 is 3.19 bits per heavy atom. The van der Waals surface area contributed by atoms with Gasteiger partial charge in [0.15, 0.2) is 0 Å². The summed E-state index contributed by atoms with van der Waals surface area (Å²) in [4.78, 5) is 12.0. The summed E-state index contributed by atoms with van der Waals surface area (Å²) >= 11 is 0. The quantitative estimate of drug-likeness (QED) is 0.647. The van der Waals surface area contributed by atoms with Crippen LogP contribution in [-0.2, 0) is 9.53 Å². The van der Waals surface area contributed by atoms with Crippen molar-refractivity contribution in [2.45, 2.75) is 30.8 Å². The summed E-state index contributed by atoms with van der Waals surface area (Å²) in [7, 11) is 0.